The van der Waals surface area contributed by atoms with Crippen molar-refractivity contribution in [3.63, 3.8) is 0 Å². The monoisotopic (exact) mass is 716 g/mol. The van der Waals surface area contributed by atoms with Gasteiger partial charge in [-0.15, -0.1) is 0 Å². The molecule has 8 nitrogen and oxygen atoms in total. The van der Waals surface area contributed by atoms with Gasteiger partial charge in [0.25, 0.3) is 0 Å². The third kappa shape index (κ3) is 10.9. The second kappa shape index (κ2) is 17.9. The standard InChI is InChI=1S/C22H34O4.C16H14O2.C6H12O2/c1-4-7-19(21-16-8-5-9-17(21)13-12-16)14(2)18-10-6-11-20(15(18)3)26-22(23,24)25;1-11(17)18-10-16-14-8-4-2-6-12(14)13-7-3-5-9-15(13)16;1-5(7)8-6(2,3)4/h6,10-11,14,16-17,19,21,23-25H,4-5,7-9,12-13H2,1-3H3;2-9,16H,10H2,1H3;1-4H3/t14-,16?,17?,19-,21?;;/m0../s1. The molecule has 0 spiro atoms. The zero-order valence-corrected chi connectivity index (χ0v) is 32.4. The second-order valence-electron chi connectivity index (χ2n) is 15.7. The number of carbonyl (C=O) groups excluding carboxylic acids is 2. The largest absolute Gasteiger partial charge is 0.465 e. The number of carbonyl (C=O) groups is 2. The summed E-state index contributed by atoms with van der Waals surface area (Å²) in [5, 5.41) is 27.6. The van der Waals surface area contributed by atoms with E-state index < -0.39 is 6.16 Å². The van der Waals surface area contributed by atoms with Crippen molar-refractivity contribution in [2.45, 2.75) is 124 Å². The van der Waals surface area contributed by atoms with E-state index in [-0.39, 0.29) is 23.5 Å². The summed E-state index contributed by atoms with van der Waals surface area (Å²) in [7, 11) is 0. The van der Waals surface area contributed by atoms with Crippen molar-refractivity contribution in [3.8, 4) is 16.9 Å². The molecule has 0 aromatic heterocycles. The molecule has 3 N–H and O–H groups in total. The number of aliphatic hydroxyl groups is 3. The van der Waals surface area contributed by atoms with E-state index in [1.54, 1.807) is 6.07 Å². The van der Waals surface area contributed by atoms with Gasteiger partial charge in [0.1, 0.15) is 18.0 Å². The van der Waals surface area contributed by atoms with E-state index in [1.807, 2.05) is 58.0 Å². The van der Waals surface area contributed by atoms with Crippen molar-refractivity contribution < 1.29 is 39.1 Å². The molecule has 3 aliphatic rings. The quantitative estimate of drug-likeness (QED) is 0.148. The van der Waals surface area contributed by atoms with Crippen molar-refractivity contribution in [2.24, 2.45) is 23.7 Å². The lowest BCUT2D eigenvalue weighted by Gasteiger charge is -2.40. The molecule has 3 aliphatic carbocycles. The van der Waals surface area contributed by atoms with Crippen molar-refractivity contribution >= 4 is 11.9 Å². The number of fused-ring (bicyclic) bond motifs is 5. The maximum Gasteiger partial charge on any atom is 0.453 e. The highest BCUT2D eigenvalue weighted by molar-refractivity contribution is 5.79. The molecule has 0 amide bonds. The summed E-state index contributed by atoms with van der Waals surface area (Å²) in [5.74, 6) is 3.65. The van der Waals surface area contributed by atoms with Gasteiger partial charge in [-0.2, -0.15) is 0 Å². The molecule has 2 fully saturated rings. The lowest BCUT2D eigenvalue weighted by molar-refractivity contribution is -0.419. The van der Waals surface area contributed by atoms with E-state index in [4.69, 9.17) is 14.2 Å². The average Bonchev–Trinajstić information content (AvgIpc) is 3.50. The van der Waals surface area contributed by atoms with Gasteiger partial charge < -0.3 is 29.5 Å². The Balaban J connectivity index is 0.000000201. The Bertz CT molecular complexity index is 1570. The molecule has 0 radical (unpaired) electrons. The maximum atomic E-state index is 11.0. The number of rotatable bonds is 9. The van der Waals surface area contributed by atoms with E-state index in [0.717, 1.165) is 23.3 Å². The SMILES string of the molecule is CC(=O)OC(C)(C)C.CC(=O)OCC1c2ccccc2-c2ccccc21.CCC[C@H](C1C2CCCC1CC2)[C@@H](C)c1cccc(OC(O)(O)O)c1C. The van der Waals surface area contributed by atoms with Gasteiger partial charge in [0.15, 0.2) is 0 Å². The highest BCUT2D eigenvalue weighted by atomic mass is 16.9. The molecule has 6 rings (SSSR count). The van der Waals surface area contributed by atoms with Gasteiger partial charge in [-0.3, -0.25) is 9.59 Å². The first-order valence-corrected chi connectivity index (χ1v) is 19.0. The van der Waals surface area contributed by atoms with Crippen LogP contribution in [0.5, 0.6) is 5.75 Å². The molecule has 0 aliphatic heterocycles. The van der Waals surface area contributed by atoms with E-state index in [1.165, 1.54) is 86.6 Å². The molecule has 52 heavy (non-hydrogen) atoms. The lowest BCUT2D eigenvalue weighted by atomic mass is 9.65. The summed E-state index contributed by atoms with van der Waals surface area (Å²) in [6.45, 7) is 15.3. The summed E-state index contributed by atoms with van der Waals surface area (Å²) in [6, 6.07) is 22.3. The van der Waals surface area contributed by atoms with E-state index in [0.29, 0.717) is 24.2 Å². The van der Waals surface area contributed by atoms with E-state index in [9.17, 15) is 24.9 Å². The minimum Gasteiger partial charge on any atom is -0.465 e. The molecule has 4 atom stereocenters. The predicted molar refractivity (Wildman–Crippen MR) is 203 cm³/mol. The van der Waals surface area contributed by atoms with Gasteiger partial charge in [-0.25, -0.2) is 0 Å². The lowest BCUT2D eigenvalue weighted by Crippen LogP contribution is -2.35. The Morgan fingerprint density at radius 2 is 1.37 bits per heavy atom. The molecular formula is C44H60O8. The molecule has 0 saturated heterocycles. The summed E-state index contributed by atoms with van der Waals surface area (Å²) in [6.07, 6.45) is 6.24. The Labute approximate surface area is 310 Å². The molecule has 8 heteroatoms. The minimum absolute atomic E-state index is 0.168. The van der Waals surface area contributed by atoms with Gasteiger partial charge >= 0.3 is 18.1 Å². The van der Waals surface area contributed by atoms with E-state index in [2.05, 4.69) is 44.2 Å². The van der Waals surface area contributed by atoms with Crippen LogP contribution in [0, 0.1) is 30.6 Å². The fourth-order valence-corrected chi connectivity index (χ4v) is 9.01. The smallest absolute Gasteiger partial charge is 0.453 e. The Kier molecular flexibility index (Phi) is 14.1. The Hall–Kier alpha value is -3.72. The summed E-state index contributed by atoms with van der Waals surface area (Å²) in [5.41, 5.74) is 6.75. The number of benzene rings is 3. The van der Waals surface area contributed by atoms with Crippen molar-refractivity contribution in [3.05, 3.63) is 89.0 Å². The summed E-state index contributed by atoms with van der Waals surface area (Å²) in [4.78, 5) is 21.2. The first-order valence-electron chi connectivity index (χ1n) is 19.0. The zero-order chi connectivity index (χ0) is 38.2. The van der Waals surface area contributed by atoms with Crippen LogP contribution in [0.2, 0.25) is 0 Å². The van der Waals surface area contributed by atoms with Gasteiger partial charge in [0.2, 0.25) is 0 Å². The van der Waals surface area contributed by atoms with Gasteiger partial charge in [0, 0.05) is 19.8 Å². The third-order valence-corrected chi connectivity index (χ3v) is 10.8. The van der Waals surface area contributed by atoms with Gasteiger partial charge in [0.05, 0.1) is 0 Å². The van der Waals surface area contributed by atoms with E-state index >= 15 is 0 Å². The molecule has 2 unspecified atom stereocenters. The van der Waals surface area contributed by atoms with Crippen molar-refractivity contribution in [1.82, 2.24) is 0 Å². The fraction of sp³-hybridized carbons (Fsp3) is 0.545. The number of ether oxygens (including phenoxy) is 3. The molecule has 2 saturated carbocycles. The number of hydrogen-bond acceptors (Lipinski definition) is 8. The zero-order valence-electron chi connectivity index (χ0n) is 32.4. The fourth-order valence-electron chi connectivity index (χ4n) is 9.01. The molecule has 3 aromatic carbocycles. The molecule has 0 heterocycles. The van der Waals surface area contributed by atoms with Crippen LogP contribution in [0.3, 0.4) is 0 Å². The molecule has 3 aromatic rings. The number of esters is 2. The summed E-state index contributed by atoms with van der Waals surface area (Å²) >= 11 is 0. The van der Waals surface area contributed by atoms with Crippen molar-refractivity contribution in [2.75, 3.05) is 6.61 Å². The van der Waals surface area contributed by atoms with Crippen LogP contribution in [-0.4, -0.2) is 45.6 Å². The maximum absolute atomic E-state index is 11.0. The van der Waals surface area contributed by atoms with Crippen LogP contribution in [0.4, 0.5) is 0 Å². The first kappa shape index (κ1) is 41.0. The van der Waals surface area contributed by atoms with Crippen LogP contribution in [0.1, 0.15) is 128 Å². The Morgan fingerprint density at radius 3 is 1.83 bits per heavy atom. The molecule has 2 bridgehead atoms. The summed E-state index contributed by atoms with van der Waals surface area (Å²) < 4.78 is 14.9. The van der Waals surface area contributed by atoms with Crippen molar-refractivity contribution in [1.29, 1.82) is 0 Å². The highest BCUT2D eigenvalue weighted by Crippen LogP contribution is 2.54. The number of hydrogen-bond donors (Lipinski definition) is 3. The second-order valence-corrected chi connectivity index (χ2v) is 15.7. The van der Waals surface area contributed by atoms with Crippen LogP contribution < -0.4 is 4.74 Å². The highest BCUT2D eigenvalue weighted by Gasteiger charge is 2.44. The molecule has 284 valence electrons. The first-order chi connectivity index (χ1) is 24.5. The minimum atomic E-state index is -3.14. The van der Waals surface area contributed by atoms with Gasteiger partial charge in [-0.1, -0.05) is 100 Å². The topological polar surface area (TPSA) is 123 Å². The average molecular weight is 717 g/mol. The normalized spacial score (nSPS) is 20.2. The van der Waals surface area contributed by atoms with Gasteiger partial charge in [-0.05, 0) is 116 Å². The third-order valence-electron chi connectivity index (χ3n) is 10.8. The molecular weight excluding hydrogens is 656 g/mol. The van der Waals surface area contributed by atoms with Crippen LogP contribution >= 0.6 is 0 Å². The van der Waals surface area contributed by atoms with Crippen LogP contribution in [0.25, 0.3) is 11.1 Å². The Morgan fingerprint density at radius 1 is 0.808 bits per heavy atom. The van der Waals surface area contributed by atoms with Crippen LogP contribution in [-0.2, 0) is 19.1 Å². The van der Waals surface area contributed by atoms with Crippen LogP contribution in [0.15, 0.2) is 66.7 Å². The predicted octanol–water partition coefficient (Wildman–Crippen LogP) is 9.02.